The number of carbonyl (C=O) groups excluding carboxylic acids is 2. The molecule has 0 bridgehead atoms. The molecule has 4 heteroatoms. The van der Waals surface area contributed by atoms with Crippen LogP contribution in [0.1, 0.15) is 28.8 Å². The van der Waals surface area contributed by atoms with Gasteiger partial charge in [-0.25, -0.2) is 0 Å². The molecule has 4 rings (SSSR count). The van der Waals surface area contributed by atoms with Crippen LogP contribution < -0.4 is 10.6 Å². The normalized spacial score (nSPS) is 14.1. The molecule has 0 spiro atoms. The summed E-state index contributed by atoms with van der Waals surface area (Å²) >= 11 is 0. The summed E-state index contributed by atoms with van der Waals surface area (Å²) in [5, 5.41) is 5.93. The van der Waals surface area contributed by atoms with Gasteiger partial charge < -0.3 is 10.6 Å². The molecule has 2 N–H and O–H groups in total. The van der Waals surface area contributed by atoms with E-state index in [2.05, 4.69) is 10.6 Å². The Morgan fingerprint density at radius 1 is 0.793 bits per heavy atom. The van der Waals surface area contributed by atoms with Gasteiger partial charge in [-0.05, 0) is 41.7 Å². The first-order valence-electron chi connectivity index (χ1n) is 10.00. The summed E-state index contributed by atoms with van der Waals surface area (Å²) in [5.41, 5.74) is 3.71. The number of benzene rings is 3. The van der Waals surface area contributed by atoms with Gasteiger partial charge in [0.25, 0.3) is 5.91 Å². The van der Waals surface area contributed by atoms with Crippen LogP contribution in [0.15, 0.2) is 84.9 Å². The molecule has 3 aromatic rings. The monoisotopic (exact) mass is 384 g/mol. The molecule has 1 atom stereocenters. The molecule has 1 saturated carbocycles. The predicted molar refractivity (Wildman–Crippen MR) is 114 cm³/mol. The number of amides is 2. The lowest BCUT2D eigenvalue weighted by Crippen LogP contribution is -2.48. The largest absolute Gasteiger partial charge is 0.352 e. The Morgan fingerprint density at radius 2 is 1.38 bits per heavy atom. The third-order valence-electron chi connectivity index (χ3n) is 5.08. The van der Waals surface area contributed by atoms with Crippen LogP contribution in [0.4, 0.5) is 0 Å². The summed E-state index contributed by atoms with van der Waals surface area (Å²) in [4.78, 5) is 25.5. The van der Waals surface area contributed by atoms with E-state index in [4.69, 9.17) is 0 Å². The fourth-order valence-electron chi connectivity index (χ4n) is 3.27. The van der Waals surface area contributed by atoms with Gasteiger partial charge in [0.2, 0.25) is 5.91 Å². The zero-order chi connectivity index (χ0) is 20.1. The maximum Gasteiger partial charge on any atom is 0.251 e. The molecule has 1 aliphatic carbocycles. The first kappa shape index (κ1) is 18.9. The van der Waals surface area contributed by atoms with Crippen molar-refractivity contribution in [2.24, 2.45) is 0 Å². The first-order valence-corrected chi connectivity index (χ1v) is 10.00. The van der Waals surface area contributed by atoms with Gasteiger partial charge in [0.1, 0.15) is 6.04 Å². The highest BCUT2D eigenvalue weighted by Crippen LogP contribution is 2.20. The second kappa shape index (κ2) is 8.74. The number of carbonyl (C=O) groups is 2. The number of hydrogen-bond donors (Lipinski definition) is 2. The number of nitrogens with one attached hydrogen (secondary N) is 2. The fraction of sp³-hybridized carbons (Fsp3) is 0.200. The molecule has 4 nitrogen and oxygen atoms in total. The maximum atomic E-state index is 12.8. The van der Waals surface area contributed by atoms with Crippen molar-refractivity contribution in [2.45, 2.75) is 31.3 Å². The van der Waals surface area contributed by atoms with Gasteiger partial charge >= 0.3 is 0 Å². The lowest BCUT2D eigenvalue weighted by Gasteiger charge is -2.19. The lowest BCUT2D eigenvalue weighted by atomic mass is 10.0. The fourth-order valence-corrected chi connectivity index (χ4v) is 3.27. The molecular weight excluding hydrogens is 360 g/mol. The molecule has 1 unspecified atom stereocenters. The summed E-state index contributed by atoms with van der Waals surface area (Å²) in [6.07, 6.45) is 2.49. The van der Waals surface area contributed by atoms with Crippen LogP contribution >= 0.6 is 0 Å². The van der Waals surface area contributed by atoms with Crippen LogP contribution in [0.5, 0.6) is 0 Å². The third-order valence-corrected chi connectivity index (χ3v) is 5.08. The molecule has 2 amide bonds. The highest BCUT2D eigenvalue weighted by molar-refractivity contribution is 5.98. The second-order valence-corrected chi connectivity index (χ2v) is 7.44. The Balaban J connectivity index is 1.47. The second-order valence-electron chi connectivity index (χ2n) is 7.44. The van der Waals surface area contributed by atoms with Crippen molar-refractivity contribution in [1.82, 2.24) is 10.6 Å². The van der Waals surface area contributed by atoms with Crippen molar-refractivity contribution in [3.63, 3.8) is 0 Å². The Hall–Kier alpha value is -3.40. The van der Waals surface area contributed by atoms with Gasteiger partial charge in [0.05, 0.1) is 0 Å². The van der Waals surface area contributed by atoms with Crippen LogP contribution in [0.2, 0.25) is 0 Å². The highest BCUT2D eigenvalue weighted by atomic mass is 16.2. The number of hydrogen-bond acceptors (Lipinski definition) is 2. The molecule has 0 aromatic heterocycles. The van der Waals surface area contributed by atoms with E-state index in [-0.39, 0.29) is 17.9 Å². The van der Waals surface area contributed by atoms with Crippen LogP contribution in [0.25, 0.3) is 11.1 Å². The van der Waals surface area contributed by atoms with E-state index in [9.17, 15) is 9.59 Å². The van der Waals surface area contributed by atoms with Crippen LogP contribution in [0.3, 0.4) is 0 Å². The Kier molecular flexibility index (Phi) is 5.71. The molecular formula is C25H24N2O2. The minimum absolute atomic E-state index is 0.120. The zero-order valence-corrected chi connectivity index (χ0v) is 16.2. The molecule has 29 heavy (non-hydrogen) atoms. The van der Waals surface area contributed by atoms with Crippen LogP contribution in [-0.2, 0) is 11.2 Å². The van der Waals surface area contributed by atoms with E-state index in [1.165, 1.54) is 0 Å². The summed E-state index contributed by atoms with van der Waals surface area (Å²) < 4.78 is 0. The van der Waals surface area contributed by atoms with Crippen molar-refractivity contribution in [3.8, 4) is 11.1 Å². The summed E-state index contributed by atoms with van der Waals surface area (Å²) in [7, 11) is 0. The molecule has 146 valence electrons. The van der Waals surface area contributed by atoms with Crippen molar-refractivity contribution < 1.29 is 9.59 Å². The quantitative estimate of drug-likeness (QED) is 0.647. The van der Waals surface area contributed by atoms with Crippen LogP contribution in [0, 0.1) is 0 Å². The highest BCUT2D eigenvalue weighted by Gasteiger charge is 2.28. The standard InChI is InChI=1S/C25H24N2O2/c28-24(21-13-11-20(12-14-21)19-9-5-2-6-10-19)27-23(25(29)26-22-15-16-22)17-18-7-3-1-4-8-18/h1-14,22-23H,15-17H2,(H,26,29)(H,27,28). The lowest BCUT2D eigenvalue weighted by molar-refractivity contribution is -0.123. The predicted octanol–water partition coefficient (Wildman–Crippen LogP) is 3.97. The maximum absolute atomic E-state index is 12.8. The van der Waals surface area contributed by atoms with E-state index in [1.54, 1.807) is 12.1 Å². The Morgan fingerprint density at radius 3 is 2.00 bits per heavy atom. The zero-order valence-electron chi connectivity index (χ0n) is 16.2. The summed E-state index contributed by atoms with van der Waals surface area (Å²) in [6.45, 7) is 0. The smallest absolute Gasteiger partial charge is 0.251 e. The summed E-state index contributed by atoms with van der Waals surface area (Å²) in [5.74, 6) is -0.359. The van der Waals surface area contributed by atoms with Gasteiger partial charge in [-0.3, -0.25) is 9.59 Å². The molecule has 3 aromatic carbocycles. The van der Waals surface area contributed by atoms with Gasteiger partial charge in [0, 0.05) is 18.0 Å². The summed E-state index contributed by atoms with van der Waals surface area (Å²) in [6, 6.07) is 26.9. The van der Waals surface area contributed by atoms with E-state index in [0.29, 0.717) is 12.0 Å². The Bertz CT molecular complexity index is 965. The van der Waals surface area contributed by atoms with E-state index >= 15 is 0 Å². The average Bonchev–Trinajstić information content (AvgIpc) is 3.58. The average molecular weight is 384 g/mol. The van der Waals surface area contributed by atoms with Crippen molar-refractivity contribution >= 4 is 11.8 Å². The Labute approximate surface area is 171 Å². The molecule has 0 heterocycles. The van der Waals surface area contributed by atoms with E-state index in [1.807, 2.05) is 72.8 Å². The van der Waals surface area contributed by atoms with E-state index < -0.39 is 6.04 Å². The first-order chi connectivity index (χ1) is 14.2. The minimum atomic E-state index is -0.598. The third kappa shape index (κ3) is 5.11. The van der Waals surface area contributed by atoms with Crippen molar-refractivity contribution in [2.75, 3.05) is 0 Å². The van der Waals surface area contributed by atoms with Crippen molar-refractivity contribution in [3.05, 3.63) is 96.1 Å². The van der Waals surface area contributed by atoms with Gasteiger partial charge in [-0.1, -0.05) is 72.8 Å². The molecule has 1 fully saturated rings. The topological polar surface area (TPSA) is 58.2 Å². The molecule has 0 radical (unpaired) electrons. The van der Waals surface area contributed by atoms with E-state index in [0.717, 1.165) is 29.5 Å². The SMILES string of the molecule is O=C(NC(Cc1ccccc1)C(=O)NC1CC1)c1ccc(-c2ccccc2)cc1. The van der Waals surface area contributed by atoms with Gasteiger partial charge in [-0.2, -0.15) is 0 Å². The number of rotatable bonds is 7. The minimum Gasteiger partial charge on any atom is -0.352 e. The molecule has 1 aliphatic rings. The van der Waals surface area contributed by atoms with Crippen LogP contribution in [-0.4, -0.2) is 23.9 Å². The van der Waals surface area contributed by atoms with Gasteiger partial charge in [-0.15, -0.1) is 0 Å². The molecule has 0 aliphatic heterocycles. The molecule has 0 saturated heterocycles. The van der Waals surface area contributed by atoms with Gasteiger partial charge in [0.15, 0.2) is 0 Å². The van der Waals surface area contributed by atoms with Crippen molar-refractivity contribution in [1.29, 1.82) is 0 Å².